The second-order valence-corrected chi connectivity index (χ2v) is 6.94. The number of benzene rings is 1. The van der Waals surface area contributed by atoms with E-state index in [2.05, 4.69) is 10.6 Å². The van der Waals surface area contributed by atoms with Crippen molar-refractivity contribution in [1.29, 1.82) is 0 Å². The van der Waals surface area contributed by atoms with Crippen LogP contribution in [0.1, 0.15) is 46.5 Å². The van der Waals surface area contributed by atoms with Crippen LogP contribution in [0.25, 0.3) is 0 Å². The number of nitrogens with one attached hydrogen (secondary N) is 2. The van der Waals surface area contributed by atoms with Gasteiger partial charge in [-0.25, -0.2) is 0 Å². The summed E-state index contributed by atoms with van der Waals surface area (Å²) in [4.78, 5) is 23.8. The molecular formula is C19H28N2O4. The third-order valence-corrected chi connectivity index (χ3v) is 4.32. The molecule has 6 heteroatoms. The van der Waals surface area contributed by atoms with Gasteiger partial charge in [-0.1, -0.05) is 6.92 Å². The number of amides is 2. The molecule has 1 aromatic carbocycles. The highest BCUT2D eigenvalue weighted by molar-refractivity contribution is 5.81. The lowest BCUT2D eigenvalue weighted by Gasteiger charge is -2.24. The minimum Gasteiger partial charge on any atom is -0.484 e. The number of hydrogen-bond donors (Lipinski definition) is 2. The number of carbonyl (C=O) groups excluding carboxylic acids is 2. The fraction of sp³-hybridized carbons (Fsp3) is 0.579. The molecule has 0 saturated carbocycles. The van der Waals surface area contributed by atoms with E-state index in [1.807, 2.05) is 20.8 Å². The minimum atomic E-state index is -0.448. The predicted octanol–water partition coefficient (Wildman–Crippen LogP) is 2.42. The lowest BCUT2D eigenvalue weighted by molar-refractivity contribution is -0.127. The van der Waals surface area contributed by atoms with E-state index >= 15 is 0 Å². The molecule has 1 aromatic rings. The van der Waals surface area contributed by atoms with Crippen molar-refractivity contribution in [3.05, 3.63) is 24.3 Å². The highest BCUT2D eigenvalue weighted by Crippen LogP contribution is 2.20. The van der Waals surface area contributed by atoms with Crippen LogP contribution in [0.15, 0.2) is 24.3 Å². The van der Waals surface area contributed by atoms with Gasteiger partial charge in [-0.05, 0) is 63.8 Å². The maximum atomic E-state index is 11.9. The molecule has 1 atom stereocenters. The van der Waals surface area contributed by atoms with Crippen LogP contribution in [0.4, 0.5) is 0 Å². The van der Waals surface area contributed by atoms with Crippen molar-refractivity contribution >= 4 is 11.8 Å². The summed E-state index contributed by atoms with van der Waals surface area (Å²) >= 11 is 0. The summed E-state index contributed by atoms with van der Waals surface area (Å²) in [6, 6.07) is 6.98. The third kappa shape index (κ3) is 6.29. The molecule has 6 nitrogen and oxygen atoms in total. The summed E-state index contributed by atoms with van der Waals surface area (Å²) in [5.41, 5.74) is -0.239. The van der Waals surface area contributed by atoms with Crippen LogP contribution in [0, 0.1) is 0 Å². The van der Waals surface area contributed by atoms with Crippen LogP contribution < -0.4 is 20.1 Å². The zero-order valence-corrected chi connectivity index (χ0v) is 15.3. The van der Waals surface area contributed by atoms with Crippen LogP contribution in [0.3, 0.4) is 0 Å². The van der Waals surface area contributed by atoms with Gasteiger partial charge in [-0.15, -0.1) is 0 Å². The molecule has 0 aromatic heterocycles. The molecule has 2 N–H and O–H groups in total. The van der Waals surface area contributed by atoms with Crippen molar-refractivity contribution in [1.82, 2.24) is 10.6 Å². The summed E-state index contributed by atoms with van der Waals surface area (Å²) in [6.45, 7) is 6.65. The Morgan fingerprint density at radius 2 is 1.92 bits per heavy atom. The molecule has 1 heterocycles. The Balaban J connectivity index is 1.83. The SMILES string of the molecule is CCC(C)(C)NC(=O)COc1ccc(OC2CCCCNC2=O)cc1. The molecule has 1 saturated heterocycles. The van der Waals surface area contributed by atoms with Crippen molar-refractivity contribution in [2.75, 3.05) is 13.2 Å². The van der Waals surface area contributed by atoms with E-state index < -0.39 is 6.10 Å². The van der Waals surface area contributed by atoms with Gasteiger partial charge in [0.05, 0.1) is 0 Å². The standard InChI is InChI=1S/C19H28N2O4/c1-4-19(2,3)21-17(22)13-24-14-8-10-15(11-9-14)25-16-7-5-6-12-20-18(16)23/h8-11,16H,4-7,12-13H2,1-3H3,(H,20,23)(H,21,22). The van der Waals surface area contributed by atoms with Crippen LogP contribution in [0.2, 0.25) is 0 Å². The lowest BCUT2D eigenvalue weighted by atomic mass is 10.0. The summed E-state index contributed by atoms with van der Waals surface area (Å²) in [5, 5.41) is 5.77. The molecular weight excluding hydrogens is 320 g/mol. The minimum absolute atomic E-state index is 0.0331. The first-order valence-corrected chi connectivity index (χ1v) is 8.88. The Bertz CT molecular complexity index is 584. The highest BCUT2D eigenvalue weighted by Gasteiger charge is 2.22. The summed E-state index contributed by atoms with van der Waals surface area (Å²) in [6.07, 6.45) is 3.07. The van der Waals surface area contributed by atoms with Gasteiger partial charge in [-0.2, -0.15) is 0 Å². The summed E-state index contributed by atoms with van der Waals surface area (Å²) in [5.74, 6) is 0.989. The topological polar surface area (TPSA) is 76.7 Å². The number of rotatable bonds is 7. The summed E-state index contributed by atoms with van der Waals surface area (Å²) in [7, 11) is 0. The van der Waals surface area contributed by atoms with Gasteiger partial charge in [0, 0.05) is 12.1 Å². The molecule has 1 aliphatic heterocycles. The summed E-state index contributed by atoms with van der Waals surface area (Å²) < 4.78 is 11.3. The Morgan fingerprint density at radius 1 is 1.24 bits per heavy atom. The molecule has 2 rings (SSSR count). The first-order chi connectivity index (χ1) is 11.9. The van der Waals surface area contributed by atoms with Crippen molar-refractivity contribution < 1.29 is 19.1 Å². The number of carbonyl (C=O) groups is 2. The first-order valence-electron chi connectivity index (χ1n) is 8.88. The maximum absolute atomic E-state index is 11.9. The van der Waals surface area contributed by atoms with Gasteiger partial charge < -0.3 is 20.1 Å². The zero-order chi connectivity index (χ0) is 18.3. The molecule has 0 aliphatic carbocycles. The van der Waals surface area contributed by atoms with E-state index in [1.165, 1.54) is 0 Å². The molecule has 138 valence electrons. The first kappa shape index (κ1) is 19.1. The Kier molecular flexibility index (Phi) is 6.67. The number of hydrogen-bond acceptors (Lipinski definition) is 4. The predicted molar refractivity (Wildman–Crippen MR) is 95.7 cm³/mol. The lowest BCUT2D eigenvalue weighted by Crippen LogP contribution is -2.44. The Hall–Kier alpha value is -2.24. The van der Waals surface area contributed by atoms with Gasteiger partial charge >= 0.3 is 0 Å². The van der Waals surface area contributed by atoms with Crippen LogP contribution in [-0.4, -0.2) is 36.6 Å². The van der Waals surface area contributed by atoms with E-state index in [-0.39, 0.29) is 24.0 Å². The molecule has 0 bridgehead atoms. The average molecular weight is 348 g/mol. The van der Waals surface area contributed by atoms with Crippen molar-refractivity contribution in [2.45, 2.75) is 58.1 Å². The van der Waals surface area contributed by atoms with Crippen LogP contribution in [0.5, 0.6) is 11.5 Å². The molecule has 2 amide bonds. The van der Waals surface area contributed by atoms with Gasteiger partial charge in [0.2, 0.25) is 0 Å². The quantitative estimate of drug-likeness (QED) is 0.793. The van der Waals surface area contributed by atoms with E-state index in [0.717, 1.165) is 25.7 Å². The van der Waals surface area contributed by atoms with E-state index in [4.69, 9.17) is 9.47 Å². The van der Waals surface area contributed by atoms with Crippen molar-refractivity contribution in [3.8, 4) is 11.5 Å². The largest absolute Gasteiger partial charge is 0.484 e. The second kappa shape index (κ2) is 8.74. The Morgan fingerprint density at radius 3 is 2.60 bits per heavy atom. The smallest absolute Gasteiger partial charge is 0.261 e. The van der Waals surface area contributed by atoms with E-state index in [0.29, 0.717) is 18.0 Å². The molecule has 1 unspecified atom stereocenters. The van der Waals surface area contributed by atoms with Crippen molar-refractivity contribution in [2.24, 2.45) is 0 Å². The maximum Gasteiger partial charge on any atom is 0.261 e. The Labute approximate surface area is 149 Å². The van der Waals surface area contributed by atoms with Gasteiger partial charge in [-0.3, -0.25) is 9.59 Å². The zero-order valence-electron chi connectivity index (χ0n) is 15.3. The van der Waals surface area contributed by atoms with E-state index in [1.54, 1.807) is 24.3 Å². The number of ether oxygens (including phenoxy) is 2. The molecule has 0 spiro atoms. The molecule has 1 fully saturated rings. The van der Waals surface area contributed by atoms with Gasteiger partial charge in [0.1, 0.15) is 11.5 Å². The van der Waals surface area contributed by atoms with Crippen LogP contribution >= 0.6 is 0 Å². The second-order valence-electron chi connectivity index (χ2n) is 6.94. The molecule has 0 radical (unpaired) electrons. The normalized spacial score (nSPS) is 18.0. The van der Waals surface area contributed by atoms with E-state index in [9.17, 15) is 9.59 Å². The van der Waals surface area contributed by atoms with Crippen LogP contribution in [-0.2, 0) is 9.59 Å². The van der Waals surface area contributed by atoms with Gasteiger partial charge in [0.25, 0.3) is 11.8 Å². The average Bonchev–Trinajstić information content (AvgIpc) is 2.78. The fourth-order valence-electron chi connectivity index (χ4n) is 2.45. The van der Waals surface area contributed by atoms with Crippen molar-refractivity contribution in [3.63, 3.8) is 0 Å². The monoisotopic (exact) mass is 348 g/mol. The molecule has 1 aliphatic rings. The third-order valence-electron chi connectivity index (χ3n) is 4.32. The van der Waals surface area contributed by atoms with Gasteiger partial charge in [0.15, 0.2) is 12.7 Å². The fourth-order valence-corrected chi connectivity index (χ4v) is 2.45. The molecule has 25 heavy (non-hydrogen) atoms. The highest BCUT2D eigenvalue weighted by atomic mass is 16.5.